The summed E-state index contributed by atoms with van der Waals surface area (Å²) in [5.41, 5.74) is 6.05. The molecule has 2 aromatic heterocycles. The number of amides is 1. The summed E-state index contributed by atoms with van der Waals surface area (Å²) in [5, 5.41) is 3.84. The molecule has 2 N–H and O–H groups in total. The van der Waals surface area contributed by atoms with Crippen LogP contribution < -0.4 is 5.73 Å². The first-order valence-corrected chi connectivity index (χ1v) is 3.26. The molecule has 1 amide bonds. The fraction of sp³-hybridized carbons (Fsp3) is 0.167. The van der Waals surface area contributed by atoms with Crippen molar-refractivity contribution in [2.24, 2.45) is 12.8 Å². The van der Waals surface area contributed by atoms with Crippen LogP contribution in [0.4, 0.5) is 0 Å². The highest BCUT2D eigenvalue weighted by atomic mass is 16.3. The molecule has 6 nitrogen and oxygen atoms in total. The number of nitrogens with zero attached hydrogens (tertiary/aromatic N) is 3. The number of aromatic nitrogens is 3. The van der Waals surface area contributed by atoms with E-state index in [0.717, 1.165) is 0 Å². The van der Waals surface area contributed by atoms with Gasteiger partial charge >= 0.3 is 0 Å². The van der Waals surface area contributed by atoms with Crippen LogP contribution >= 0.6 is 0 Å². The van der Waals surface area contributed by atoms with Crippen LogP contribution in [0.15, 0.2) is 10.8 Å². The Morgan fingerprint density at radius 3 is 3.17 bits per heavy atom. The van der Waals surface area contributed by atoms with Crippen molar-refractivity contribution in [1.82, 2.24) is 14.8 Å². The predicted molar refractivity (Wildman–Crippen MR) is 39.3 cm³/mol. The van der Waals surface area contributed by atoms with Crippen LogP contribution in [0.2, 0.25) is 0 Å². The summed E-state index contributed by atoms with van der Waals surface area (Å²) in [7, 11) is 1.65. The minimum absolute atomic E-state index is 0.140. The number of fused-ring (bicyclic) bond motifs is 1. The Morgan fingerprint density at radius 2 is 2.50 bits per heavy atom. The molecular formula is C6H6N4O2. The number of rotatable bonds is 1. The summed E-state index contributed by atoms with van der Waals surface area (Å²) < 4.78 is 6.38. The lowest BCUT2D eigenvalue weighted by Gasteiger charge is -1.85. The number of hydrogen-bond acceptors (Lipinski definition) is 4. The molecule has 2 heterocycles. The fourth-order valence-electron chi connectivity index (χ4n) is 1.04. The Morgan fingerprint density at radius 1 is 1.75 bits per heavy atom. The standard InChI is InChI=1S/C6H6N4O2/c1-10-6-4(8-2-12-6)3(9-10)5(7)11/h2H,1H3,(H2,7,11). The van der Waals surface area contributed by atoms with Crippen molar-refractivity contribution in [2.75, 3.05) is 0 Å². The van der Waals surface area contributed by atoms with Gasteiger partial charge in [0.1, 0.15) is 0 Å². The maximum atomic E-state index is 10.8. The van der Waals surface area contributed by atoms with Gasteiger partial charge in [-0.25, -0.2) is 9.67 Å². The summed E-state index contributed by atoms with van der Waals surface area (Å²) in [6.07, 6.45) is 1.25. The molecule has 0 saturated carbocycles. The lowest BCUT2D eigenvalue weighted by molar-refractivity contribution is 0.0996. The summed E-state index contributed by atoms with van der Waals surface area (Å²) in [4.78, 5) is 14.6. The number of aryl methyl sites for hydroxylation is 1. The zero-order chi connectivity index (χ0) is 8.72. The van der Waals surface area contributed by atoms with Crippen molar-refractivity contribution in [2.45, 2.75) is 0 Å². The third kappa shape index (κ3) is 0.714. The molecule has 0 aromatic carbocycles. The molecule has 12 heavy (non-hydrogen) atoms. The third-order valence-corrected chi connectivity index (χ3v) is 1.55. The van der Waals surface area contributed by atoms with E-state index >= 15 is 0 Å². The van der Waals surface area contributed by atoms with E-state index < -0.39 is 5.91 Å². The molecule has 0 bridgehead atoms. The van der Waals surface area contributed by atoms with Crippen molar-refractivity contribution in [3.8, 4) is 0 Å². The molecule has 0 fully saturated rings. The van der Waals surface area contributed by atoms with Crippen LogP contribution in [0.1, 0.15) is 10.5 Å². The Labute approximate surface area is 67.0 Å². The molecule has 0 spiro atoms. The molecule has 0 unspecified atom stereocenters. The van der Waals surface area contributed by atoms with E-state index in [-0.39, 0.29) is 5.69 Å². The maximum Gasteiger partial charge on any atom is 0.271 e. The Hall–Kier alpha value is -1.85. The van der Waals surface area contributed by atoms with Gasteiger partial charge in [-0.3, -0.25) is 4.79 Å². The van der Waals surface area contributed by atoms with E-state index in [1.54, 1.807) is 7.05 Å². The van der Waals surface area contributed by atoms with Gasteiger partial charge in [0.25, 0.3) is 5.91 Å². The molecule has 6 heteroatoms. The predicted octanol–water partition coefficient (Wildman–Crippen LogP) is -0.340. The van der Waals surface area contributed by atoms with E-state index in [9.17, 15) is 4.79 Å². The highest BCUT2D eigenvalue weighted by Crippen LogP contribution is 2.14. The van der Waals surface area contributed by atoms with Gasteiger partial charge in [0.15, 0.2) is 17.6 Å². The number of nitrogens with two attached hydrogens (primary N) is 1. The Balaban J connectivity index is 2.83. The van der Waals surface area contributed by atoms with Crippen LogP contribution in [0.3, 0.4) is 0 Å². The largest absolute Gasteiger partial charge is 0.425 e. The lowest BCUT2D eigenvalue weighted by Crippen LogP contribution is -2.12. The second-order valence-corrected chi connectivity index (χ2v) is 2.34. The summed E-state index contributed by atoms with van der Waals surface area (Å²) in [6.45, 7) is 0. The average Bonchev–Trinajstić information content (AvgIpc) is 2.53. The van der Waals surface area contributed by atoms with Crippen LogP contribution in [-0.4, -0.2) is 20.7 Å². The minimum atomic E-state index is -0.602. The van der Waals surface area contributed by atoms with Gasteiger partial charge in [-0.2, -0.15) is 5.10 Å². The van der Waals surface area contributed by atoms with Crippen molar-refractivity contribution in [3.63, 3.8) is 0 Å². The normalized spacial score (nSPS) is 10.8. The van der Waals surface area contributed by atoms with E-state index in [4.69, 9.17) is 10.2 Å². The molecule has 0 saturated heterocycles. The van der Waals surface area contributed by atoms with Crippen LogP contribution in [0, 0.1) is 0 Å². The molecule has 62 valence electrons. The van der Waals surface area contributed by atoms with Gasteiger partial charge in [-0.1, -0.05) is 0 Å². The van der Waals surface area contributed by atoms with Gasteiger partial charge in [-0.05, 0) is 0 Å². The van der Waals surface area contributed by atoms with Crippen molar-refractivity contribution < 1.29 is 9.21 Å². The third-order valence-electron chi connectivity index (χ3n) is 1.55. The van der Waals surface area contributed by atoms with Crippen LogP contribution in [0.5, 0.6) is 0 Å². The fourth-order valence-corrected chi connectivity index (χ4v) is 1.04. The van der Waals surface area contributed by atoms with E-state index in [2.05, 4.69) is 10.1 Å². The van der Waals surface area contributed by atoms with Gasteiger partial charge in [-0.15, -0.1) is 0 Å². The molecule has 0 aliphatic heterocycles. The van der Waals surface area contributed by atoms with Gasteiger partial charge in [0.2, 0.25) is 5.71 Å². The highest BCUT2D eigenvalue weighted by Gasteiger charge is 2.16. The molecular weight excluding hydrogens is 160 g/mol. The number of carbonyl (C=O) groups excluding carboxylic acids is 1. The number of primary amides is 1. The summed E-state index contributed by atoms with van der Waals surface area (Å²) in [6, 6.07) is 0. The Kier molecular flexibility index (Phi) is 1.18. The summed E-state index contributed by atoms with van der Waals surface area (Å²) >= 11 is 0. The van der Waals surface area contributed by atoms with Crippen molar-refractivity contribution in [1.29, 1.82) is 0 Å². The second-order valence-electron chi connectivity index (χ2n) is 2.34. The van der Waals surface area contributed by atoms with E-state index in [1.165, 1.54) is 11.1 Å². The van der Waals surface area contributed by atoms with Crippen molar-refractivity contribution in [3.05, 3.63) is 12.1 Å². The van der Waals surface area contributed by atoms with Gasteiger partial charge < -0.3 is 10.2 Å². The first kappa shape index (κ1) is 6.84. The summed E-state index contributed by atoms with van der Waals surface area (Å²) in [5.74, 6) is -0.602. The van der Waals surface area contributed by atoms with E-state index in [0.29, 0.717) is 11.2 Å². The zero-order valence-corrected chi connectivity index (χ0v) is 6.31. The maximum absolute atomic E-state index is 10.8. The molecule has 2 rings (SSSR count). The monoisotopic (exact) mass is 166 g/mol. The minimum Gasteiger partial charge on any atom is -0.425 e. The average molecular weight is 166 g/mol. The molecule has 0 aliphatic carbocycles. The highest BCUT2D eigenvalue weighted by molar-refractivity contribution is 6.01. The molecule has 0 atom stereocenters. The quantitative estimate of drug-likeness (QED) is 0.627. The smallest absolute Gasteiger partial charge is 0.271 e. The molecule has 2 aromatic rings. The second kappa shape index (κ2) is 2.07. The van der Waals surface area contributed by atoms with Crippen LogP contribution in [0.25, 0.3) is 11.2 Å². The van der Waals surface area contributed by atoms with E-state index in [1.807, 2.05) is 0 Å². The van der Waals surface area contributed by atoms with Gasteiger partial charge in [0.05, 0.1) is 0 Å². The number of carbonyl (C=O) groups is 1. The van der Waals surface area contributed by atoms with Crippen LogP contribution in [-0.2, 0) is 7.05 Å². The first-order chi connectivity index (χ1) is 5.70. The topological polar surface area (TPSA) is 86.9 Å². The van der Waals surface area contributed by atoms with Gasteiger partial charge in [0, 0.05) is 7.05 Å². The first-order valence-electron chi connectivity index (χ1n) is 3.26. The number of oxazole rings is 1. The lowest BCUT2D eigenvalue weighted by atomic mass is 10.4. The SMILES string of the molecule is Cn1nc(C(N)=O)c2ncoc21. The Bertz CT molecular complexity index is 441. The molecule has 0 radical (unpaired) electrons. The number of hydrogen-bond donors (Lipinski definition) is 1. The molecule has 0 aliphatic rings. The zero-order valence-electron chi connectivity index (χ0n) is 6.31. The van der Waals surface area contributed by atoms with Crippen molar-refractivity contribution >= 4 is 17.1 Å².